The van der Waals surface area contributed by atoms with E-state index in [0.717, 1.165) is 12.1 Å². The maximum Gasteiger partial charge on any atom is 0.416 e. The first kappa shape index (κ1) is 17.3. The second-order valence-electron chi connectivity index (χ2n) is 6.03. The van der Waals surface area contributed by atoms with Gasteiger partial charge in [-0.3, -0.25) is 4.79 Å². The molecule has 0 aliphatic carbocycles. The first-order valence-corrected chi connectivity index (χ1v) is 6.27. The van der Waals surface area contributed by atoms with Gasteiger partial charge in [-0.05, 0) is 45.9 Å². The van der Waals surface area contributed by atoms with Gasteiger partial charge < -0.3 is 16.2 Å². The quantitative estimate of drug-likeness (QED) is 0.751. The highest BCUT2D eigenvalue weighted by Gasteiger charge is 2.41. The molecule has 0 fully saturated rings. The molecule has 0 saturated carbocycles. The van der Waals surface area contributed by atoms with Crippen LogP contribution in [0.1, 0.15) is 33.3 Å². The van der Waals surface area contributed by atoms with E-state index < -0.39 is 34.4 Å². The van der Waals surface area contributed by atoms with Crippen molar-refractivity contribution in [3.05, 3.63) is 23.8 Å². The molecule has 0 saturated heterocycles. The lowest BCUT2D eigenvalue weighted by Gasteiger charge is -2.36. The summed E-state index contributed by atoms with van der Waals surface area (Å²) in [6.45, 7) is 6.43. The van der Waals surface area contributed by atoms with Gasteiger partial charge in [-0.25, -0.2) is 0 Å². The van der Waals surface area contributed by atoms with Crippen molar-refractivity contribution in [2.45, 2.75) is 39.4 Å². The van der Waals surface area contributed by atoms with Gasteiger partial charge in [0.1, 0.15) is 5.75 Å². The van der Waals surface area contributed by atoms with Gasteiger partial charge in [0, 0.05) is 5.54 Å². The van der Waals surface area contributed by atoms with Crippen LogP contribution in [0.25, 0.3) is 0 Å². The molecule has 1 amide bonds. The van der Waals surface area contributed by atoms with Crippen LogP contribution in [-0.2, 0) is 11.0 Å². The van der Waals surface area contributed by atoms with Gasteiger partial charge in [0.2, 0.25) is 5.91 Å². The topological polar surface area (TPSA) is 75.4 Å². The Kier molecular flexibility index (Phi) is 4.29. The van der Waals surface area contributed by atoms with E-state index in [-0.39, 0.29) is 5.69 Å². The Morgan fingerprint density at radius 3 is 2.14 bits per heavy atom. The second-order valence-corrected chi connectivity index (χ2v) is 6.03. The van der Waals surface area contributed by atoms with Crippen molar-refractivity contribution in [3.63, 3.8) is 0 Å². The molecule has 1 aromatic carbocycles. The van der Waals surface area contributed by atoms with E-state index in [2.05, 4.69) is 5.32 Å². The molecule has 7 heteroatoms. The highest BCUT2D eigenvalue weighted by Crippen LogP contribution is 2.36. The SMILES string of the molecule is CC(C)(N)C(C)(C)C(=O)Nc1cc(C(F)(F)F)ccc1O. The average Bonchev–Trinajstić information content (AvgIpc) is 2.28. The van der Waals surface area contributed by atoms with Crippen molar-refractivity contribution < 1.29 is 23.1 Å². The number of phenolic OH excluding ortho intramolecular Hbond substituents is 1. The predicted octanol–water partition coefficient (Wildman–Crippen LogP) is 3.11. The molecule has 1 rings (SSSR count). The van der Waals surface area contributed by atoms with Crippen LogP contribution < -0.4 is 11.1 Å². The lowest BCUT2D eigenvalue weighted by Crippen LogP contribution is -2.53. The number of nitrogens with one attached hydrogen (secondary N) is 1. The van der Waals surface area contributed by atoms with E-state index in [1.54, 1.807) is 27.7 Å². The third-order valence-corrected chi connectivity index (χ3v) is 3.75. The van der Waals surface area contributed by atoms with Crippen molar-refractivity contribution in [2.24, 2.45) is 11.1 Å². The van der Waals surface area contributed by atoms with Crippen molar-refractivity contribution in [1.82, 2.24) is 0 Å². The molecular weight excluding hydrogens is 285 g/mol. The van der Waals surface area contributed by atoms with Crippen molar-refractivity contribution >= 4 is 11.6 Å². The molecule has 4 nitrogen and oxygen atoms in total. The van der Waals surface area contributed by atoms with Gasteiger partial charge in [0.05, 0.1) is 16.7 Å². The summed E-state index contributed by atoms with van der Waals surface area (Å²) in [5, 5.41) is 11.9. The lowest BCUT2D eigenvalue weighted by molar-refractivity contribution is -0.137. The number of hydrogen-bond donors (Lipinski definition) is 3. The number of aromatic hydroxyl groups is 1. The zero-order valence-corrected chi connectivity index (χ0v) is 12.3. The molecule has 0 spiro atoms. The molecule has 0 unspecified atom stereocenters. The van der Waals surface area contributed by atoms with Gasteiger partial charge in [-0.2, -0.15) is 13.2 Å². The van der Waals surface area contributed by atoms with Crippen LogP contribution in [0.3, 0.4) is 0 Å². The molecule has 0 atom stereocenters. The fourth-order valence-electron chi connectivity index (χ4n) is 1.38. The molecule has 0 heterocycles. The zero-order chi connectivity index (χ0) is 16.6. The fourth-order valence-corrected chi connectivity index (χ4v) is 1.38. The monoisotopic (exact) mass is 304 g/mol. The molecule has 0 bridgehead atoms. The molecule has 0 aliphatic heterocycles. The normalized spacial score (nSPS) is 13.1. The third-order valence-electron chi connectivity index (χ3n) is 3.75. The number of benzene rings is 1. The van der Waals surface area contributed by atoms with Gasteiger partial charge >= 0.3 is 6.18 Å². The van der Waals surface area contributed by atoms with E-state index >= 15 is 0 Å². The van der Waals surface area contributed by atoms with Crippen molar-refractivity contribution in [1.29, 1.82) is 0 Å². The number of nitrogens with two attached hydrogens (primary N) is 1. The minimum atomic E-state index is -4.56. The number of phenols is 1. The molecule has 118 valence electrons. The first-order valence-electron chi connectivity index (χ1n) is 6.27. The summed E-state index contributed by atoms with van der Waals surface area (Å²) in [4.78, 5) is 12.2. The molecule has 1 aromatic rings. The van der Waals surface area contributed by atoms with Crippen LogP contribution in [0.15, 0.2) is 18.2 Å². The molecule has 21 heavy (non-hydrogen) atoms. The summed E-state index contributed by atoms with van der Waals surface area (Å²) in [5.41, 5.74) is 2.70. The minimum Gasteiger partial charge on any atom is -0.506 e. The predicted molar refractivity (Wildman–Crippen MR) is 73.8 cm³/mol. The molecule has 0 aromatic heterocycles. The van der Waals surface area contributed by atoms with Crippen molar-refractivity contribution in [2.75, 3.05) is 5.32 Å². The van der Waals surface area contributed by atoms with E-state index in [4.69, 9.17) is 5.73 Å². The lowest BCUT2D eigenvalue weighted by atomic mass is 9.74. The Balaban J connectivity index is 3.12. The smallest absolute Gasteiger partial charge is 0.416 e. The second kappa shape index (κ2) is 5.22. The van der Waals surface area contributed by atoms with E-state index in [1.165, 1.54) is 0 Å². The maximum absolute atomic E-state index is 12.6. The Labute approximate surface area is 121 Å². The summed E-state index contributed by atoms with van der Waals surface area (Å²) in [6, 6.07) is 2.31. The van der Waals surface area contributed by atoms with Crippen molar-refractivity contribution in [3.8, 4) is 5.75 Å². The van der Waals surface area contributed by atoms with E-state index in [1.807, 2.05) is 0 Å². The fraction of sp³-hybridized carbons (Fsp3) is 0.500. The molecule has 0 aliphatic rings. The van der Waals surface area contributed by atoms with Gasteiger partial charge in [0.15, 0.2) is 0 Å². The van der Waals surface area contributed by atoms with Gasteiger partial charge in [-0.15, -0.1) is 0 Å². The third kappa shape index (κ3) is 3.66. The Morgan fingerprint density at radius 2 is 1.71 bits per heavy atom. The van der Waals surface area contributed by atoms with Crippen LogP contribution in [0, 0.1) is 5.41 Å². The van der Waals surface area contributed by atoms with Crippen LogP contribution >= 0.6 is 0 Å². The Bertz CT molecular complexity index is 546. The zero-order valence-electron chi connectivity index (χ0n) is 12.3. The number of hydrogen-bond acceptors (Lipinski definition) is 3. The molecular formula is C14H19F3N2O2. The summed E-state index contributed by atoms with van der Waals surface area (Å²) < 4.78 is 37.9. The number of amides is 1. The first-order chi connectivity index (χ1) is 9.26. The standard InChI is InChI=1S/C14H19F3N2O2/c1-12(2,13(3,4)18)11(21)19-9-7-8(14(15,16)17)5-6-10(9)20/h5-7,20H,18H2,1-4H3,(H,19,21). The highest BCUT2D eigenvalue weighted by atomic mass is 19.4. The number of anilines is 1. The Morgan fingerprint density at radius 1 is 1.19 bits per heavy atom. The van der Waals surface area contributed by atoms with Crippen LogP contribution in [0.5, 0.6) is 5.75 Å². The number of halogens is 3. The number of rotatable bonds is 3. The van der Waals surface area contributed by atoms with Crippen LogP contribution in [-0.4, -0.2) is 16.6 Å². The Hall–Kier alpha value is -1.76. The summed E-state index contributed by atoms with van der Waals surface area (Å²) in [7, 11) is 0. The van der Waals surface area contributed by atoms with Crippen LogP contribution in [0.2, 0.25) is 0 Å². The number of carbonyl (C=O) groups is 1. The summed E-state index contributed by atoms with van der Waals surface area (Å²) in [6.07, 6.45) is -4.56. The van der Waals surface area contributed by atoms with E-state index in [9.17, 15) is 23.1 Å². The minimum absolute atomic E-state index is 0.299. The maximum atomic E-state index is 12.6. The van der Waals surface area contributed by atoms with Gasteiger partial charge in [0.25, 0.3) is 0 Å². The summed E-state index contributed by atoms with van der Waals surface area (Å²) >= 11 is 0. The largest absolute Gasteiger partial charge is 0.506 e. The molecule has 4 N–H and O–H groups in total. The number of carbonyl (C=O) groups excluding carboxylic acids is 1. The number of alkyl halides is 3. The van der Waals surface area contributed by atoms with E-state index in [0.29, 0.717) is 6.07 Å². The average molecular weight is 304 g/mol. The van der Waals surface area contributed by atoms with Gasteiger partial charge in [-0.1, -0.05) is 0 Å². The molecule has 0 radical (unpaired) electrons. The highest BCUT2D eigenvalue weighted by molar-refractivity contribution is 5.97. The van der Waals surface area contributed by atoms with Crippen LogP contribution in [0.4, 0.5) is 18.9 Å². The summed E-state index contributed by atoms with van der Waals surface area (Å²) in [5.74, 6) is -1.02.